The van der Waals surface area contributed by atoms with Gasteiger partial charge < -0.3 is 10.1 Å². The van der Waals surface area contributed by atoms with Crippen molar-refractivity contribution in [3.05, 3.63) is 59.9 Å². The molecular formula is C16H17FN2O4S. The summed E-state index contributed by atoms with van der Waals surface area (Å²) in [5.74, 6) is -0.469. The monoisotopic (exact) mass is 352 g/mol. The van der Waals surface area contributed by atoms with Gasteiger partial charge in [-0.3, -0.25) is 4.79 Å². The summed E-state index contributed by atoms with van der Waals surface area (Å²) in [6.45, 7) is -0.460. The molecule has 6 nitrogen and oxygen atoms in total. The first kappa shape index (κ1) is 17.9. The minimum Gasteiger partial charge on any atom is -0.497 e. The van der Waals surface area contributed by atoms with Gasteiger partial charge >= 0.3 is 0 Å². The molecule has 1 amide bonds. The average molecular weight is 352 g/mol. The van der Waals surface area contributed by atoms with E-state index < -0.39 is 28.3 Å². The highest BCUT2D eigenvalue weighted by molar-refractivity contribution is 7.89. The Kier molecular flexibility index (Phi) is 5.88. The fourth-order valence-electron chi connectivity index (χ4n) is 1.90. The van der Waals surface area contributed by atoms with Crippen molar-refractivity contribution >= 4 is 15.9 Å². The smallest absolute Gasteiger partial charge is 0.241 e. The topological polar surface area (TPSA) is 84.5 Å². The molecule has 0 radical (unpaired) electrons. The van der Waals surface area contributed by atoms with E-state index in [4.69, 9.17) is 4.74 Å². The number of amides is 1. The Bertz CT molecular complexity index is 807. The number of sulfonamides is 1. The summed E-state index contributed by atoms with van der Waals surface area (Å²) in [5.41, 5.74) is 0.323. The molecule has 0 fully saturated rings. The van der Waals surface area contributed by atoms with Crippen LogP contribution in [0.15, 0.2) is 53.4 Å². The van der Waals surface area contributed by atoms with Crippen molar-refractivity contribution in [2.24, 2.45) is 0 Å². The zero-order valence-corrected chi connectivity index (χ0v) is 13.8. The highest BCUT2D eigenvalue weighted by Crippen LogP contribution is 2.15. The Morgan fingerprint density at radius 2 is 1.79 bits per heavy atom. The summed E-state index contributed by atoms with van der Waals surface area (Å²) in [4.78, 5) is 11.7. The van der Waals surface area contributed by atoms with Crippen molar-refractivity contribution in [3.8, 4) is 5.75 Å². The molecule has 2 rings (SSSR count). The van der Waals surface area contributed by atoms with Crippen molar-refractivity contribution in [1.82, 2.24) is 10.0 Å². The van der Waals surface area contributed by atoms with Crippen LogP contribution in [0.5, 0.6) is 5.75 Å². The van der Waals surface area contributed by atoms with Crippen LogP contribution >= 0.6 is 0 Å². The van der Waals surface area contributed by atoms with Gasteiger partial charge in [0.2, 0.25) is 15.9 Å². The summed E-state index contributed by atoms with van der Waals surface area (Å²) in [7, 11) is -2.34. The van der Waals surface area contributed by atoms with E-state index in [0.717, 1.165) is 0 Å². The first-order chi connectivity index (χ1) is 11.4. The van der Waals surface area contributed by atoms with Gasteiger partial charge in [-0.2, -0.15) is 0 Å². The third-order valence-corrected chi connectivity index (χ3v) is 4.64. The van der Waals surface area contributed by atoms with E-state index in [1.54, 1.807) is 12.1 Å². The molecule has 0 aliphatic carbocycles. The molecule has 0 aromatic heterocycles. The van der Waals surface area contributed by atoms with E-state index in [0.29, 0.717) is 11.3 Å². The number of ether oxygens (including phenoxy) is 1. The third-order valence-electron chi connectivity index (χ3n) is 3.23. The molecule has 0 atom stereocenters. The lowest BCUT2D eigenvalue weighted by molar-refractivity contribution is -0.120. The largest absolute Gasteiger partial charge is 0.497 e. The van der Waals surface area contributed by atoms with Crippen LogP contribution in [0.4, 0.5) is 4.39 Å². The van der Waals surface area contributed by atoms with Gasteiger partial charge in [0.1, 0.15) is 11.6 Å². The quantitative estimate of drug-likeness (QED) is 0.789. The Morgan fingerprint density at radius 1 is 1.12 bits per heavy atom. The molecule has 0 unspecified atom stereocenters. The molecule has 0 aliphatic rings. The highest BCUT2D eigenvalue weighted by atomic mass is 32.2. The fraction of sp³-hybridized carbons (Fsp3) is 0.188. The minimum absolute atomic E-state index is 0.0181. The second-order valence-corrected chi connectivity index (χ2v) is 6.64. The molecule has 0 aliphatic heterocycles. The molecule has 0 spiro atoms. The lowest BCUT2D eigenvalue weighted by atomic mass is 10.2. The van der Waals surface area contributed by atoms with Gasteiger partial charge in [-0.25, -0.2) is 17.5 Å². The third kappa shape index (κ3) is 4.77. The van der Waals surface area contributed by atoms with Crippen LogP contribution in [0.3, 0.4) is 0 Å². The van der Waals surface area contributed by atoms with Crippen LogP contribution in [-0.4, -0.2) is 28.0 Å². The molecule has 2 N–H and O–H groups in total. The van der Waals surface area contributed by atoms with Crippen molar-refractivity contribution < 1.29 is 22.3 Å². The lowest BCUT2D eigenvalue weighted by Gasteiger charge is -2.09. The van der Waals surface area contributed by atoms with Gasteiger partial charge in [0.25, 0.3) is 0 Å². The molecule has 2 aromatic rings. The summed E-state index contributed by atoms with van der Waals surface area (Å²) in [6.07, 6.45) is 0. The summed E-state index contributed by atoms with van der Waals surface area (Å²) in [5, 5.41) is 2.46. The predicted octanol–water partition coefficient (Wildman–Crippen LogP) is 1.43. The van der Waals surface area contributed by atoms with E-state index in [9.17, 15) is 17.6 Å². The summed E-state index contributed by atoms with van der Waals surface area (Å²) in [6, 6.07) is 11.8. The van der Waals surface area contributed by atoms with Gasteiger partial charge in [0, 0.05) is 12.1 Å². The molecule has 2 aromatic carbocycles. The number of nitrogens with one attached hydrogen (secondary N) is 2. The maximum absolute atomic E-state index is 13.4. The molecule has 128 valence electrons. The van der Waals surface area contributed by atoms with Crippen molar-refractivity contribution in [2.45, 2.75) is 11.4 Å². The maximum Gasteiger partial charge on any atom is 0.241 e. The number of carbonyl (C=O) groups is 1. The normalized spacial score (nSPS) is 11.1. The SMILES string of the molecule is COc1ccc(S(=O)(=O)NCC(=O)NCc2ccccc2F)cc1. The number of rotatable bonds is 7. The molecule has 0 bridgehead atoms. The second-order valence-electron chi connectivity index (χ2n) is 4.87. The molecule has 24 heavy (non-hydrogen) atoms. The van der Waals surface area contributed by atoms with Crippen LogP contribution in [0.25, 0.3) is 0 Å². The van der Waals surface area contributed by atoms with E-state index in [-0.39, 0.29) is 11.4 Å². The number of carbonyl (C=O) groups excluding carboxylic acids is 1. The molecule has 8 heteroatoms. The zero-order chi connectivity index (χ0) is 17.6. The number of benzene rings is 2. The molecular weight excluding hydrogens is 335 g/mol. The van der Waals surface area contributed by atoms with Gasteiger partial charge in [0.05, 0.1) is 18.6 Å². The second kappa shape index (κ2) is 7.89. The van der Waals surface area contributed by atoms with E-state index in [1.807, 2.05) is 0 Å². The number of methoxy groups -OCH3 is 1. The lowest BCUT2D eigenvalue weighted by Crippen LogP contribution is -2.36. The standard InChI is InChI=1S/C16H17FN2O4S/c1-23-13-6-8-14(9-7-13)24(21,22)19-11-16(20)18-10-12-4-2-3-5-15(12)17/h2-9,19H,10-11H2,1H3,(H,18,20). The molecule has 0 saturated heterocycles. The van der Waals surface area contributed by atoms with Gasteiger partial charge in [-0.15, -0.1) is 0 Å². The summed E-state index contributed by atoms with van der Waals surface area (Å²) >= 11 is 0. The Balaban J connectivity index is 1.89. The Labute approximate surface area is 139 Å². The minimum atomic E-state index is -3.81. The number of halogens is 1. The van der Waals surface area contributed by atoms with E-state index in [1.165, 1.54) is 43.5 Å². The van der Waals surface area contributed by atoms with Crippen LogP contribution in [-0.2, 0) is 21.4 Å². The van der Waals surface area contributed by atoms with E-state index >= 15 is 0 Å². The molecule has 0 saturated carbocycles. The van der Waals surface area contributed by atoms with Crippen molar-refractivity contribution in [2.75, 3.05) is 13.7 Å². The molecule has 0 heterocycles. The maximum atomic E-state index is 13.4. The predicted molar refractivity (Wildman–Crippen MR) is 86.4 cm³/mol. The van der Waals surface area contributed by atoms with E-state index in [2.05, 4.69) is 10.0 Å². The number of hydrogen-bond donors (Lipinski definition) is 2. The van der Waals surface area contributed by atoms with Gasteiger partial charge in [-0.1, -0.05) is 18.2 Å². The van der Waals surface area contributed by atoms with Crippen molar-refractivity contribution in [1.29, 1.82) is 0 Å². The van der Waals surface area contributed by atoms with Gasteiger partial charge in [-0.05, 0) is 30.3 Å². The van der Waals surface area contributed by atoms with Crippen molar-refractivity contribution in [3.63, 3.8) is 0 Å². The Morgan fingerprint density at radius 3 is 2.42 bits per heavy atom. The zero-order valence-electron chi connectivity index (χ0n) is 13.0. The number of hydrogen-bond acceptors (Lipinski definition) is 4. The van der Waals surface area contributed by atoms with Crippen LogP contribution in [0, 0.1) is 5.82 Å². The Hall–Kier alpha value is -2.45. The van der Waals surface area contributed by atoms with Crippen LogP contribution < -0.4 is 14.8 Å². The first-order valence-corrected chi connectivity index (χ1v) is 8.54. The fourth-order valence-corrected chi connectivity index (χ4v) is 2.88. The average Bonchev–Trinajstić information content (AvgIpc) is 2.59. The highest BCUT2D eigenvalue weighted by Gasteiger charge is 2.15. The van der Waals surface area contributed by atoms with Crippen LogP contribution in [0.2, 0.25) is 0 Å². The van der Waals surface area contributed by atoms with Crippen LogP contribution in [0.1, 0.15) is 5.56 Å². The first-order valence-electron chi connectivity index (χ1n) is 7.06. The van der Waals surface area contributed by atoms with Gasteiger partial charge in [0.15, 0.2) is 0 Å². The summed E-state index contributed by atoms with van der Waals surface area (Å²) < 4.78 is 44.7.